The number of pyridine rings is 1. The Morgan fingerprint density at radius 3 is 2.62 bits per heavy atom. The van der Waals surface area contributed by atoms with Crippen LogP contribution in [0.4, 0.5) is 11.5 Å². The van der Waals surface area contributed by atoms with Gasteiger partial charge in [-0.05, 0) is 54.5 Å². The Labute approximate surface area is 173 Å². The molecule has 0 atom stereocenters. The quantitative estimate of drug-likeness (QED) is 0.627. The molecule has 0 saturated carbocycles. The van der Waals surface area contributed by atoms with Crippen LogP contribution >= 0.6 is 0 Å². The van der Waals surface area contributed by atoms with Crippen LogP contribution in [-0.2, 0) is 6.42 Å². The number of amides is 1. The van der Waals surface area contributed by atoms with Crippen LogP contribution in [0.1, 0.15) is 49.5 Å². The van der Waals surface area contributed by atoms with E-state index in [9.17, 15) is 4.79 Å². The molecular weight excluding hydrogens is 358 g/mol. The smallest absolute Gasteiger partial charge is 0.256 e. The maximum absolute atomic E-state index is 13.2. The molecule has 150 valence electrons. The van der Waals surface area contributed by atoms with Crippen molar-refractivity contribution in [3.05, 3.63) is 65.7 Å². The zero-order chi connectivity index (χ0) is 20.4. The summed E-state index contributed by atoms with van der Waals surface area (Å²) in [7, 11) is 0. The first-order chi connectivity index (χ1) is 13.9. The molecule has 0 aliphatic carbocycles. The average Bonchev–Trinajstić information content (AvgIpc) is 2.72. The van der Waals surface area contributed by atoms with E-state index in [4.69, 9.17) is 4.98 Å². The van der Waals surface area contributed by atoms with Gasteiger partial charge < -0.3 is 10.2 Å². The number of fused-ring (bicyclic) bond motifs is 1. The van der Waals surface area contributed by atoms with Crippen molar-refractivity contribution in [2.24, 2.45) is 5.41 Å². The summed E-state index contributed by atoms with van der Waals surface area (Å²) in [5, 5.41) is 3.95. The minimum Gasteiger partial charge on any atom is -0.356 e. The Bertz CT molecular complexity index is 1020. The number of piperidine rings is 1. The summed E-state index contributed by atoms with van der Waals surface area (Å²) in [5.74, 6) is 0.799. The van der Waals surface area contributed by atoms with Gasteiger partial charge in [0.1, 0.15) is 5.82 Å². The van der Waals surface area contributed by atoms with Crippen molar-refractivity contribution >= 4 is 28.3 Å². The van der Waals surface area contributed by atoms with Gasteiger partial charge in [0.25, 0.3) is 5.91 Å². The summed E-state index contributed by atoms with van der Waals surface area (Å²) in [4.78, 5) is 20.4. The number of aromatic nitrogens is 1. The van der Waals surface area contributed by atoms with Crippen molar-refractivity contribution in [1.82, 2.24) is 4.98 Å². The van der Waals surface area contributed by atoms with E-state index in [0.29, 0.717) is 5.56 Å². The highest BCUT2D eigenvalue weighted by molar-refractivity contribution is 6.13. The summed E-state index contributed by atoms with van der Waals surface area (Å²) in [6.07, 6.45) is 3.35. The number of anilines is 2. The Balaban J connectivity index is 1.69. The molecule has 2 aromatic carbocycles. The normalized spacial score (nSPS) is 16.0. The number of hydrogen-bond acceptors (Lipinski definition) is 3. The van der Waals surface area contributed by atoms with E-state index < -0.39 is 0 Å². The molecule has 4 heteroatoms. The van der Waals surface area contributed by atoms with E-state index in [1.807, 2.05) is 42.5 Å². The van der Waals surface area contributed by atoms with Crippen LogP contribution in [0.15, 0.2) is 54.6 Å². The Morgan fingerprint density at radius 1 is 1.14 bits per heavy atom. The van der Waals surface area contributed by atoms with Gasteiger partial charge in [-0.15, -0.1) is 0 Å². The summed E-state index contributed by atoms with van der Waals surface area (Å²) in [6.45, 7) is 8.66. The van der Waals surface area contributed by atoms with Gasteiger partial charge in [0.15, 0.2) is 0 Å². The molecule has 0 unspecified atom stereocenters. The molecule has 1 amide bonds. The van der Waals surface area contributed by atoms with Gasteiger partial charge in [0.2, 0.25) is 0 Å². The lowest BCUT2D eigenvalue weighted by molar-refractivity contribution is 0.102. The van der Waals surface area contributed by atoms with Crippen molar-refractivity contribution in [3.63, 3.8) is 0 Å². The van der Waals surface area contributed by atoms with Crippen molar-refractivity contribution in [2.45, 2.75) is 40.0 Å². The third-order valence-corrected chi connectivity index (χ3v) is 5.79. The van der Waals surface area contributed by atoms with Crippen molar-refractivity contribution in [1.29, 1.82) is 0 Å². The SMILES string of the molecule is CCc1ccc(NC(=O)c2cc(N3CCCC(C)(C)C3)nc3ccccc23)cc1. The first-order valence-electron chi connectivity index (χ1n) is 10.5. The minimum absolute atomic E-state index is 0.0923. The molecule has 1 N–H and O–H groups in total. The molecule has 0 spiro atoms. The van der Waals surface area contributed by atoms with E-state index in [1.165, 1.54) is 12.0 Å². The van der Waals surface area contributed by atoms with Gasteiger partial charge in [-0.3, -0.25) is 4.79 Å². The number of nitrogens with one attached hydrogen (secondary N) is 1. The van der Waals surface area contributed by atoms with E-state index in [2.05, 4.69) is 43.1 Å². The second-order valence-corrected chi connectivity index (χ2v) is 8.74. The second kappa shape index (κ2) is 7.86. The largest absolute Gasteiger partial charge is 0.356 e. The number of benzene rings is 2. The van der Waals surface area contributed by atoms with Crippen LogP contribution in [0, 0.1) is 5.41 Å². The summed E-state index contributed by atoms with van der Waals surface area (Å²) >= 11 is 0. The highest BCUT2D eigenvalue weighted by Gasteiger charge is 2.28. The highest BCUT2D eigenvalue weighted by Crippen LogP contribution is 2.32. The van der Waals surface area contributed by atoms with Gasteiger partial charge in [0, 0.05) is 24.2 Å². The second-order valence-electron chi connectivity index (χ2n) is 8.74. The summed E-state index contributed by atoms with van der Waals surface area (Å²) in [5.41, 5.74) is 3.86. The third-order valence-electron chi connectivity index (χ3n) is 5.79. The van der Waals surface area contributed by atoms with Crippen LogP contribution in [0.25, 0.3) is 10.9 Å². The van der Waals surface area contributed by atoms with Gasteiger partial charge in [0.05, 0.1) is 11.1 Å². The molecule has 1 aromatic heterocycles. The van der Waals surface area contributed by atoms with Gasteiger partial charge in [-0.2, -0.15) is 0 Å². The first-order valence-corrected chi connectivity index (χ1v) is 10.5. The molecule has 1 aliphatic heterocycles. The van der Waals surface area contributed by atoms with Gasteiger partial charge >= 0.3 is 0 Å². The van der Waals surface area contributed by atoms with E-state index in [-0.39, 0.29) is 11.3 Å². The Morgan fingerprint density at radius 2 is 1.90 bits per heavy atom. The predicted molar refractivity (Wildman–Crippen MR) is 121 cm³/mol. The molecule has 4 rings (SSSR count). The van der Waals surface area contributed by atoms with E-state index in [0.717, 1.165) is 48.3 Å². The molecule has 0 radical (unpaired) electrons. The third kappa shape index (κ3) is 4.26. The Hall–Kier alpha value is -2.88. The van der Waals surface area contributed by atoms with Gasteiger partial charge in [-0.1, -0.05) is 51.1 Å². The molecule has 2 heterocycles. The predicted octanol–water partition coefficient (Wildman–Crippen LogP) is 5.68. The fourth-order valence-electron chi connectivity index (χ4n) is 4.15. The number of nitrogens with zero attached hydrogens (tertiary/aromatic N) is 2. The average molecular weight is 388 g/mol. The zero-order valence-corrected chi connectivity index (χ0v) is 17.5. The zero-order valence-electron chi connectivity index (χ0n) is 17.5. The van der Waals surface area contributed by atoms with Crippen LogP contribution < -0.4 is 10.2 Å². The van der Waals surface area contributed by atoms with Crippen molar-refractivity contribution in [2.75, 3.05) is 23.3 Å². The molecule has 1 aliphatic rings. The standard InChI is InChI=1S/C25H29N3O/c1-4-18-10-12-19(13-11-18)26-24(29)21-16-23(27-22-9-6-5-8-20(21)22)28-15-7-14-25(2,3)17-28/h5-6,8-13,16H,4,7,14-15,17H2,1-3H3,(H,26,29). The number of carbonyl (C=O) groups excluding carboxylic acids is 1. The molecular formula is C25H29N3O. The molecule has 29 heavy (non-hydrogen) atoms. The van der Waals surface area contributed by atoms with Crippen molar-refractivity contribution < 1.29 is 4.79 Å². The number of rotatable bonds is 4. The van der Waals surface area contributed by atoms with Crippen LogP contribution in [0.3, 0.4) is 0 Å². The topological polar surface area (TPSA) is 45.2 Å². The Kier molecular flexibility index (Phi) is 5.27. The monoisotopic (exact) mass is 387 g/mol. The van der Waals surface area contributed by atoms with E-state index >= 15 is 0 Å². The fraction of sp³-hybridized carbons (Fsp3) is 0.360. The number of aryl methyl sites for hydroxylation is 1. The lowest BCUT2D eigenvalue weighted by Gasteiger charge is -2.39. The van der Waals surface area contributed by atoms with Gasteiger partial charge in [-0.25, -0.2) is 4.98 Å². The van der Waals surface area contributed by atoms with E-state index in [1.54, 1.807) is 0 Å². The molecule has 3 aromatic rings. The minimum atomic E-state index is -0.0923. The van der Waals surface area contributed by atoms with Crippen LogP contribution in [-0.4, -0.2) is 24.0 Å². The summed E-state index contributed by atoms with van der Waals surface area (Å²) in [6, 6.07) is 17.9. The lowest BCUT2D eigenvalue weighted by atomic mass is 9.84. The van der Waals surface area contributed by atoms with Crippen molar-refractivity contribution in [3.8, 4) is 0 Å². The maximum Gasteiger partial charge on any atom is 0.256 e. The maximum atomic E-state index is 13.2. The lowest BCUT2D eigenvalue weighted by Crippen LogP contribution is -2.40. The molecule has 0 bridgehead atoms. The number of carbonyl (C=O) groups is 1. The molecule has 1 saturated heterocycles. The fourth-order valence-corrected chi connectivity index (χ4v) is 4.15. The van der Waals surface area contributed by atoms with Crippen LogP contribution in [0.5, 0.6) is 0 Å². The summed E-state index contributed by atoms with van der Waals surface area (Å²) < 4.78 is 0. The first kappa shape index (κ1) is 19.4. The molecule has 4 nitrogen and oxygen atoms in total. The molecule has 1 fully saturated rings. The number of hydrogen-bond donors (Lipinski definition) is 1. The highest BCUT2D eigenvalue weighted by atomic mass is 16.1. The number of para-hydroxylation sites is 1. The van der Waals surface area contributed by atoms with Crippen LogP contribution in [0.2, 0.25) is 0 Å².